The highest BCUT2D eigenvalue weighted by Crippen LogP contribution is 2.28. The maximum Gasteiger partial charge on any atom is 0.291 e. The molecule has 2 aromatic carbocycles. The van der Waals surface area contributed by atoms with Crippen molar-refractivity contribution in [2.24, 2.45) is 0 Å². The Kier molecular flexibility index (Phi) is 6.81. The van der Waals surface area contributed by atoms with E-state index in [0.717, 1.165) is 4.90 Å². The van der Waals surface area contributed by atoms with Gasteiger partial charge >= 0.3 is 0 Å². The van der Waals surface area contributed by atoms with Crippen molar-refractivity contribution in [3.63, 3.8) is 0 Å². The number of aromatic nitrogens is 1. The van der Waals surface area contributed by atoms with Gasteiger partial charge in [0.2, 0.25) is 5.91 Å². The molecule has 0 spiro atoms. The SMILES string of the molecule is O=C(CSc1ccc(NC(=O)c2ccco2)cc1)Nc1nc(-c2cccc([N+](=O)[O-])c2)cs1. The first kappa shape index (κ1) is 22.2. The van der Waals surface area contributed by atoms with E-state index in [1.54, 1.807) is 53.9 Å². The molecule has 0 saturated heterocycles. The molecule has 2 N–H and O–H groups in total. The molecule has 0 atom stereocenters. The third-order valence-electron chi connectivity index (χ3n) is 4.33. The van der Waals surface area contributed by atoms with Crippen molar-refractivity contribution in [2.45, 2.75) is 4.90 Å². The van der Waals surface area contributed by atoms with Gasteiger partial charge in [-0.15, -0.1) is 23.1 Å². The van der Waals surface area contributed by atoms with Crippen molar-refractivity contribution < 1.29 is 18.9 Å². The number of hydrogen-bond donors (Lipinski definition) is 2. The molecule has 11 heteroatoms. The van der Waals surface area contributed by atoms with E-state index in [2.05, 4.69) is 15.6 Å². The zero-order valence-corrected chi connectivity index (χ0v) is 18.5. The van der Waals surface area contributed by atoms with E-state index in [0.29, 0.717) is 22.1 Å². The van der Waals surface area contributed by atoms with Gasteiger partial charge in [-0.3, -0.25) is 19.7 Å². The lowest BCUT2D eigenvalue weighted by molar-refractivity contribution is -0.384. The molecule has 0 bridgehead atoms. The first-order chi connectivity index (χ1) is 16.0. The van der Waals surface area contributed by atoms with Crippen molar-refractivity contribution >= 4 is 51.4 Å². The van der Waals surface area contributed by atoms with Crippen molar-refractivity contribution in [3.05, 3.63) is 88.2 Å². The Morgan fingerprint density at radius 2 is 1.91 bits per heavy atom. The van der Waals surface area contributed by atoms with Crippen molar-refractivity contribution in [2.75, 3.05) is 16.4 Å². The monoisotopic (exact) mass is 480 g/mol. The molecule has 0 aliphatic heterocycles. The van der Waals surface area contributed by atoms with Gasteiger partial charge in [-0.1, -0.05) is 12.1 Å². The Hall–Kier alpha value is -3.96. The molecule has 0 radical (unpaired) electrons. The lowest BCUT2D eigenvalue weighted by Crippen LogP contribution is -2.13. The fourth-order valence-corrected chi connectivity index (χ4v) is 4.22. The number of carbonyl (C=O) groups is 2. The summed E-state index contributed by atoms with van der Waals surface area (Å²) in [7, 11) is 0. The van der Waals surface area contributed by atoms with Crippen LogP contribution in [0.4, 0.5) is 16.5 Å². The molecule has 2 amide bonds. The summed E-state index contributed by atoms with van der Waals surface area (Å²) < 4.78 is 5.05. The van der Waals surface area contributed by atoms with Crippen LogP contribution in [0.3, 0.4) is 0 Å². The van der Waals surface area contributed by atoms with Crippen LogP contribution in [0.2, 0.25) is 0 Å². The standard InChI is InChI=1S/C22H16N4O5S2/c27-20(25-22-24-18(12-33-22)14-3-1-4-16(11-14)26(29)30)13-32-17-8-6-15(7-9-17)23-21(28)19-5-2-10-31-19/h1-12H,13H2,(H,23,28)(H,24,25,27). The summed E-state index contributed by atoms with van der Waals surface area (Å²) in [5.41, 5.74) is 1.75. The molecular formula is C22H16N4O5S2. The van der Waals surface area contributed by atoms with Crippen molar-refractivity contribution in [3.8, 4) is 11.3 Å². The topological polar surface area (TPSA) is 127 Å². The van der Waals surface area contributed by atoms with E-state index in [9.17, 15) is 19.7 Å². The maximum absolute atomic E-state index is 12.3. The summed E-state index contributed by atoms with van der Waals surface area (Å²) in [6.45, 7) is 0. The van der Waals surface area contributed by atoms with Crippen LogP contribution in [-0.2, 0) is 4.79 Å². The van der Waals surface area contributed by atoms with E-state index >= 15 is 0 Å². The number of non-ortho nitro benzene ring substituents is 1. The zero-order chi connectivity index (χ0) is 23.2. The lowest BCUT2D eigenvalue weighted by atomic mass is 10.1. The van der Waals surface area contributed by atoms with Gasteiger partial charge in [-0.25, -0.2) is 4.98 Å². The largest absolute Gasteiger partial charge is 0.459 e. The summed E-state index contributed by atoms with van der Waals surface area (Å²) in [6, 6.07) is 16.5. The first-order valence-electron chi connectivity index (χ1n) is 9.56. The maximum atomic E-state index is 12.3. The third-order valence-corrected chi connectivity index (χ3v) is 6.10. The molecule has 0 unspecified atom stereocenters. The van der Waals surface area contributed by atoms with Gasteiger partial charge in [0.25, 0.3) is 11.6 Å². The molecule has 33 heavy (non-hydrogen) atoms. The van der Waals surface area contributed by atoms with Crippen LogP contribution in [0.1, 0.15) is 10.6 Å². The first-order valence-corrected chi connectivity index (χ1v) is 11.4. The summed E-state index contributed by atoms with van der Waals surface area (Å²) >= 11 is 2.59. The van der Waals surface area contributed by atoms with Gasteiger partial charge < -0.3 is 15.1 Å². The van der Waals surface area contributed by atoms with Crippen molar-refractivity contribution in [1.29, 1.82) is 0 Å². The van der Waals surface area contributed by atoms with Crippen LogP contribution in [0.5, 0.6) is 0 Å². The number of carbonyl (C=O) groups excluding carboxylic acids is 2. The van der Waals surface area contributed by atoms with E-state index in [-0.39, 0.29) is 29.0 Å². The minimum absolute atomic E-state index is 0.0194. The van der Waals surface area contributed by atoms with Crippen LogP contribution in [0.25, 0.3) is 11.3 Å². The van der Waals surface area contributed by atoms with Gasteiger partial charge in [0.05, 0.1) is 22.6 Å². The zero-order valence-electron chi connectivity index (χ0n) is 16.9. The summed E-state index contributed by atoms with van der Waals surface area (Å²) in [5, 5.41) is 18.6. The highest BCUT2D eigenvalue weighted by atomic mass is 32.2. The fraction of sp³-hybridized carbons (Fsp3) is 0.0455. The number of thioether (sulfide) groups is 1. The Balaban J connectivity index is 1.29. The minimum atomic E-state index is -0.463. The Bertz CT molecular complexity index is 1290. The number of thiazole rings is 1. The second-order valence-electron chi connectivity index (χ2n) is 6.64. The van der Waals surface area contributed by atoms with Gasteiger partial charge in [-0.05, 0) is 36.4 Å². The second kappa shape index (κ2) is 10.1. The van der Waals surface area contributed by atoms with E-state index < -0.39 is 4.92 Å². The van der Waals surface area contributed by atoms with Crippen LogP contribution in [0, 0.1) is 10.1 Å². The number of hydrogen-bond acceptors (Lipinski definition) is 8. The lowest BCUT2D eigenvalue weighted by Gasteiger charge is -2.05. The summed E-state index contributed by atoms with van der Waals surface area (Å²) in [6.07, 6.45) is 1.43. The number of nitro benzene ring substituents is 1. The number of anilines is 2. The third kappa shape index (κ3) is 5.84. The number of nitrogens with one attached hydrogen (secondary N) is 2. The van der Waals surface area contributed by atoms with Crippen LogP contribution >= 0.6 is 23.1 Å². The molecular weight excluding hydrogens is 464 g/mol. The molecule has 4 rings (SSSR count). The fourth-order valence-electron chi connectivity index (χ4n) is 2.78. The Morgan fingerprint density at radius 1 is 1.09 bits per heavy atom. The predicted octanol–water partition coefficient (Wildman–Crippen LogP) is 5.29. The molecule has 0 saturated carbocycles. The smallest absolute Gasteiger partial charge is 0.291 e. The molecule has 0 aliphatic rings. The van der Waals surface area contributed by atoms with Gasteiger partial charge in [-0.2, -0.15) is 0 Å². The van der Waals surface area contributed by atoms with E-state index in [1.165, 1.54) is 41.5 Å². The molecule has 9 nitrogen and oxygen atoms in total. The number of furan rings is 1. The predicted molar refractivity (Wildman–Crippen MR) is 127 cm³/mol. The summed E-state index contributed by atoms with van der Waals surface area (Å²) in [4.78, 5) is 40.0. The number of nitro groups is 1. The average molecular weight is 481 g/mol. The summed E-state index contributed by atoms with van der Waals surface area (Å²) in [5.74, 6) is -0.173. The molecule has 166 valence electrons. The number of benzene rings is 2. The van der Waals surface area contributed by atoms with Crippen LogP contribution < -0.4 is 10.6 Å². The quantitative estimate of drug-likeness (QED) is 0.199. The van der Waals surface area contributed by atoms with E-state index in [1.807, 2.05) is 0 Å². The van der Waals surface area contributed by atoms with Gasteiger partial charge in [0, 0.05) is 33.7 Å². The highest BCUT2D eigenvalue weighted by Gasteiger charge is 2.12. The normalized spacial score (nSPS) is 10.5. The second-order valence-corrected chi connectivity index (χ2v) is 8.54. The molecule has 0 fully saturated rings. The molecule has 4 aromatic rings. The number of rotatable bonds is 8. The Morgan fingerprint density at radius 3 is 2.64 bits per heavy atom. The molecule has 2 heterocycles. The highest BCUT2D eigenvalue weighted by molar-refractivity contribution is 8.00. The molecule has 2 aromatic heterocycles. The average Bonchev–Trinajstić information content (AvgIpc) is 3.51. The number of amides is 2. The molecule has 0 aliphatic carbocycles. The van der Waals surface area contributed by atoms with Crippen LogP contribution in [-0.4, -0.2) is 27.5 Å². The van der Waals surface area contributed by atoms with Crippen LogP contribution in [0.15, 0.2) is 81.6 Å². The van der Waals surface area contributed by atoms with Gasteiger partial charge in [0.1, 0.15) is 0 Å². The van der Waals surface area contributed by atoms with Crippen molar-refractivity contribution in [1.82, 2.24) is 4.98 Å². The van der Waals surface area contributed by atoms with E-state index in [4.69, 9.17) is 4.42 Å². The minimum Gasteiger partial charge on any atom is -0.459 e. The Labute approximate surface area is 196 Å². The number of nitrogens with zero attached hydrogens (tertiary/aromatic N) is 2. The van der Waals surface area contributed by atoms with Gasteiger partial charge in [0.15, 0.2) is 10.9 Å².